The molecular weight excluding hydrogens is 783 g/mol. The van der Waals surface area contributed by atoms with E-state index in [1.165, 1.54) is 89.9 Å². The minimum atomic E-state index is -0.906. The number of nitrogens with one attached hydrogen (secondary N) is 1. The molecule has 64 heavy (non-hydrogen) atoms. The predicted octanol–water partition coefficient (Wildman–Crippen LogP) is 17.2. The van der Waals surface area contributed by atoms with Gasteiger partial charge >= 0.3 is 0 Å². The molecule has 0 fully saturated rings. The van der Waals surface area contributed by atoms with Crippen molar-refractivity contribution in [3.8, 4) is 0 Å². The first-order valence-corrected chi connectivity index (χ1v) is 26.0. The van der Waals surface area contributed by atoms with Gasteiger partial charge in [-0.3, -0.25) is 4.79 Å². The molecule has 0 saturated carbocycles. The van der Waals surface area contributed by atoms with E-state index in [0.717, 1.165) is 96.3 Å². The van der Waals surface area contributed by atoms with Gasteiger partial charge in [-0.25, -0.2) is 0 Å². The van der Waals surface area contributed by atoms with Crippen molar-refractivity contribution in [2.24, 2.45) is 0 Å². The van der Waals surface area contributed by atoms with Gasteiger partial charge in [0.05, 0.1) is 18.8 Å². The van der Waals surface area contributed by atoms with Crippen LogP contribution in [-0.4, -0.2) is 34.9 Å². The third kappa shape index (κ3) is 49.3. The van der Waals surface area contributed by atoms with Crippen LogP contribution in [0, 0.1) is 0 Å². The molecule has 0 bridgehead atoms. The van der Waals surface area contributed by atoms with Gasteiger partial charge in [-0.15, -0.1) is 0 Å². The van der Waals surface area contributed by atoms with Crippen molar-refractivity contribution in [2.45, 2.75) is 219 Å². The van der Waals surface area contributed by atoms with Crippen LogP contribution in [0.1, 0.15) is 206 Å². The number of hydrogen-bond donors (Lipinski definition) is 3. The number of unbranched alkanes of at least 4 members (excludes halogenated alkanes) is 16. The summed E-state index contributed by atoms with van der Waals surface area (Å²) in [4.78, 5) is 12.4. The van der Waals surface area contributed by atoms with Gasteiger partial charge in [-0.05, 0) is 109 Å². The molecule has 0 aromatic heterocycles. The molecule has 0 aliphatic rings. The van der Waals surface area contributed by atoms with Crippen molar-refractivity contribution in [3.05, 3.63) is 146 Å². The van der Waals surface area contributed by atoms with Gasteiger partial charge in [0.1, 0.15) is 0 Å². The fourth-order valence-electron chi connectivity index (χ4n) is 6.86. The highest BCUT2D eigenvalue weighted by Gasteiger charge is 2.17. The molecular formula is C60H97NO3. The van der Waals surface area contributed by atoms with Crippen LogP contribution in [0.15, 0.2) is 146 Å². The SMILES string of the molecule is CC/C=C\C/C=C\C/C=C\C/C=C\C/C=C\C/C=C\C/C=C\C/C=C\C/C=C\CCCC(=O)NC(CO)C(O)/C=C/CC/C=C/CC/C=C/CCCCCCCCCCCCCCC. The van der Waals surface area contributed by atoms with Gasteiger partial charge < -0.3 is 15.5 Å². The van der Waals surface area contributed by atoms with E-state index in [-0.39, 0.29) is 12.5 Å². The molecule has 2 unspecified atom stereocenters. The Hall–Kier alpha value is -3.73. The molecule has 0 aromatic carbocycles. The fraction of sp³-hybridized carbons (Fsp3) is 0.583. The zero-order chi connectivity index (χ0) is 46.3. The Morgan fingerprint density at radius 3 is 1.09 bits per heavy atom. The summed E-state index contributed by atoms with van der Waals surface area (Å²) < 4.78 is 0. The van der Waals surface area contributed by atoms with Gasteiger partial charge in [-0.2, -0.15) is 0 Å². The zero-order valence-electron chi connectivity index (χ0n) is 41.2. The lowest BCUT2D eigenvalue weighted by Gasteiger charge is -2.19. The molecule has 1 amide bonds. The van der Waals surface area contributed by atoms with Crippen molar-refractivity contribution in [1.82, 2.24) is 5.32 Å². The normalized spacial score (nSPS) is 14.1. The van der Waals surface area contributed by atoms with Gasteiger partial charge in [0.25, 0.3) is 0 Å². The lowest BCUT2D eigenvalue weighted by molar-refractivity contribution is -0.122. The van der Waals surface area contributed by atoms with Crippen LogP contribution in [0.25, 0.3) is 0 Å². The van der Waals surface area contributed by atoms with Crippen LogP contribution in [0.4, 0.5) is 0 Å². The van der Waals surface area contributed by atoms with Crippen LogP contribution in [-0.2, 0) is 4.79 Å². The Balaban J connectivity index is 3.79. The Bertz CT molecular complexity index is 1370. The quantitative estimate of drug-likeness (QED) is 0.0422. The molecule has 0 radical (unpaired) electrons. The first kappa shape index (κ1) is 60.3. The number of amides is 1. The van der Waals surface area contributed by atoms with Gasteiger partial charge in [0, 0.05) is 6.42 Å². The van der Waals surface area contributed by atoms with Crippen LogP contribution in [0.3, 0.4) is 0 Å². The highest BCUT2D eigenvalue weighted by atomic mass is 16.3. The lowest BCUT2D eigenvalue weighted by Crippen LogP contribution is -2.45. The summed E-state index contributed by atoms with van der Waals surface area (Å²) in [7, 11) is 0. The van der Waals surface area contributed by atoms with Crippen LogP contribution in [0.2, 0.25) is 0 Å². The summed E-state index contributed by atoms with van der Waals surface area (Å²) in [5.41, 5.74) is 0. The number of carbonyl (C=O) groups is 1. The van der Waals surface area contributed by atoms with Crippen molar-refractivity contribution >= 4 is 5.91 Å². The largest absolute Gasteiger partial charge is 0.394 e. The Morgan fingerprint density at radius 1 is 0.391 bits per heavy atom. The Kier molecular flexibility index (Phi) is 50.5. The molecule has 360 valence electrons. The molecule has 0 spiro atoms. The minimum Gasteiger partial charge on any atom is -0.394 e. The van der Waals surface area contributed by atoms with E-state index in [1.54, 1.807) is 6.08 Å². The first-order valence-electron chi connectivity index (χ1n) is 26.0. The summed E-state index contributed by atoms with van der Waals surface area (Å²) in [6, 6.07) is -0.689. The molecule has 0 saturated heterocycles. The molecule has 2 atom stereocenters. The maximum Gasteiger partial charge on any atom is 0.220 e. The molecule has 4 nitrogen and oxygen atoms in total. The van der Waals surface area contributed by atoms with Crippen LogP contribution in [0.5, 0.6) is 0 Å². The second-order valence-electron chi connectivity index (χ2n) is 16.8. The maximum atomic E-state index is 12.4. The molecule has 4 heteroatoms. The number of aliphatic hydroxyl groups is 2. The third-order valence-electron chi connectivity index (χ3n) is 10.8. The smallest absolute Gasteiger partial charge is 0.220 e. The summed E-state index contributed by atoms with van der Waals surface area (Å²) in [6.07, 6.45) is 85.6. The third-order valence-corrected chi connectivity index (χ3v) is 10.8. The Labute approximate surface area is 395 Å². The summed E-state index contributed by atoms with van der Waals surface area (Å²) in [5, 5.41) is 23.0. The van der Waals surface area contributed by atoms with E-state index in [9.17, 15) is 15.0 Å². The highest BCUT2D eigenvalue weighted by Crippen LogP contribution is 2.13. The van der Waals surface area contributed by atoms with E-state index < -0.39 is 12.1 Å². The minimum absolute atomic E-state index is 0.142. The van der Waals surface area contributed by atoms with Gasteiger partial charge in [0.2, 0.25) is 5.91 Å². The lowest BCUT2D eigenvalue weighted by atomic mass is 10.0. The van der Waals surface area contributed by atoms with Crippen molar-refractivity contribution < 1.29 is 15.0 Å². The molecule has 0 heterocycles. The van der Waals surface area contributed by atoms with E-state index in [1.807, 2.05) is 6.08 Å². The van der Waals surface area contributed by atoms with E-state index in [0.29, 0.717) is 6.42 Å². The van der Waals surface area contributed by atoms with Crippen LogP contribution >= 0.6 is 0 Å². The molecule has 0 aromatic rings. The predicted molar refractivity (Wildman–Crippen MR) is 285 cm³/mol. The van der Waals surface area contributed by atoms with E-state index in [4.69, 9.17) is 0 Å². The Morgan fingerprint density at radius 2 is 0.703 bits per heavy atom. The first-order chi connectivity index (χ1) is 31.7. The van der Waals surface area contributed by atoms with E-state index >= 15 is 0 Å². The monoisotopic (exact) mass is 880 g/mol. The summed E-state index contributed by atoms with van der Waals surface area (Å²) in [6.45, 7) is 4.15. The second-order valence-corrected chi connectivity index (χ2v) is 16.8. The number of hydrogen-bond acceptors (Lipinski definition) is 3. The molecule has 0 rings (SSSR count). The highest BCUT2D eigenvalue weighted by molar-refractivity contribution is 5.76. The number of aliphatic hydroxyl groups excluding tert-OH is 2. The standard InChI is InChI=1S/C60H97NO3/c1-3-5-7-9-11-13-15-17-19-21-23-25-27-28-29-30-31-32-34-36-38-40-42-44-46-48-50-52-54-56-60(64)61-58(57-62)59(63)55-53-51-49-47-45-43-41-39-37-35-33-26-24-22-20-18-16-14-12-10-8-6-4-2/h5,7,11,13,17,19,23,25,28-29,31-32,36-39,42,44-45,47-48,50,53,55,58-59,62-63H,3-4,6,8-10,12,14-16,18,20-22,24,26-27,30,33-35,40-41,43,46,49,51-52,54,56-57H2,1-2H3,(H,61,64)/b7-5-,13-11-,19-17-,25-23-,29-28-,32-31-,38-36-,39-37+,44-42-,47-45+,50-48-,55-53+. The second kappa shape index (κ2) is 53.6. The van der Waals surface area contributed by atoms with Crippen molar-refractivity contribution in [2.75, 3.05) is 6.61 Å². The maximum absolute atomic E-state index is 12.4. The van der Waals surface area contributed by atoms with Crippen LogP contribution < -0.4 is 5.32 Å². The average molecular weight is 880 g/mol. The van der Waals surface area contributed by atoms with E-state index in [2.05, 4.69) is 153 Å². The fourth-order valence-corrected chi connectivity index (χ4v) is 6.86. The summed E-state index contributed by atoms with van der Waals surface area (Å²) >= 11 is 0. The van der Waals surface area contributed by atoms with Gasteiger partial charge in [-0.1, -0.05) is 237 Å². The number of carbonyl (C=O) groups excluding carboxylic acids is 1. The summed E-state index contributed by atoms with van der Waals surface area (Å²) in [5.74, 6) is -0.142. The zero-order valence-corrected chi connectivity index (χ0v) is 41.2. The van der Waals surface area contributed by atoms with Gasteiger partial charge in [0.15, 0.2) is 0 Å². The average Bonchev–Trinajstić information content (AvgIpc) is 3.30. The molecule has 0 aliphatic carbocycles. The molecule has 3 N–H and O–H groups in total. The molecule has 0 aliphatic heterocycles. The topological polar surface area (TPSA) is 69.6 Å². The van der Waals surface area contributed by atoms with Crippen molar-refractivity contribution in [1.29, 1.82) is 0 Å². The number of rotatable bonds is 45. The van der Waals surface area contributed by atoms with Crippen molar-refractivity contribution in [3.63, 3.8) is 0 Å². The number of allylic oxidation sites excluding steroid dienone is 23.